The number of aryl methyl sites for hydroxylation is 1. The van der Waals surface area contributed by atoms with Crippen molar-refractivity contribution in [1.29, 1.82) is 0 Å². The van der Waals surface area contributed by atoms with Crippen molar-refractivity contribution in [2.24, 2.45) is 10.8 Å². The number of esters is 3. The van der Waals surface area contributed by atoms with Gasteiger partial charge in [-0.2, -0.15) is 3.22 Å². The molecular formula is C50H63BrINO10. The number of hydrogen-bond donors (Lipinski definition) is 1. The van der Waals surface area contributed by atoms with Gasteiger partial charge in [-0.1, -0.05) is 92.4 Å². The Balaban J connectivity index is 0.00000369. The summed E-state index contributed by atoms with van der Waals surface area (Å²) in [6, 6.07) is 11.2. The Labute approximate surface area is 395 Å². The Morgan fingerprint density at radius 3 is 2.29 bits per heavy atom. The monoisotopic (exact) mass is 1040 g/mol. The number of unbranched alkanes of at least 4 members (excludes halogenated alkanes) is 3. The molecule has 3 aromatic rings. The fourth-order valence-corrected chi connectivity index (χ4v) is 8.72. The topological polar surface area (TPSA) is 136 Å². The summed E-state index contributed by atoms with van der Waals surface area (Å²) in [6.45, 7) is 17.9. The zero-order valence-electron chi connectivity index (χ0n) is 38.2. The summed E-state index contributed by atoms with van der Waals surface area (Å²) in [5.74, 6) is -0.00825. The van der Waals surface area contributed by atoms with Crippen LogP contribution >= 0.6 is 38.9 Å². The summed E-state index contributed by atoms with van der Waals surface area (Å²) in [5, 5.41) is 4.41. The van der Waals surface area contributed by atoms with Gasteiger partial charge in [0.05, 0.1) is 23.0 Å². The number of carbonyl (C=O) groups is 4. The molecule has 1 aliphatic carbocycles. The molecule has 1 spiro atoms. The molecule has 0 radical (unpaired) electrons. The van der Waals surface area contributed by atoms with Gasteiger partial charge in [-0.25, -0.2) is 9.68 Å². The van der Waals surface area contributed by atoms with E-state index in [4.69, 9.17) is 23.8 Å². The minimum atomic E-state index is -1.47. The lowest BCUT2D eigenvalue weighted by Gasteiger charge is -2.41. The predicted molar refractivity (Wildman–Crippen MR) is 256 cm³/mol. The molecule has 11 nitrogen and oxygen atoms in total. The van der Waals surface area contributed by atoms with Crippen molar-refractivity contribution in [2.75, 3.05) is 13.2 Å². The first-order valence-corrected chi connectivity index (χ1v) is 24.1. The molecule has 0 bridgehead atoms. The molecule has 63 heavy (non-hydrogen) atoms. The average molecular weight is 1040 g/mol. The zero-order valence-corrected chi connectivity index (χ0v) is 42.0. The normalized spacial score (nSPS) is 18.0. The van der Waals surface area contributed by atoms with Gasteiger partial charge in [-0.3, -0.25) is 14.4 Å². The van der Waals surface area contributed by atoms with Gasteiger partial charge >= 0.3 is 17.9 Å². The first-order valence-electron chi connectivity index (χ1n) is 22.3. The van der Waals surface area contributed by atoms with Crippen molar-refractivity contribution in [3.8, 4) is 23.0 Å². The molecule has 0 fully saturated rings. The Hall–Kier alpha value is -3.79. The molecule has 0 saturated carbocycles. The van der Waals surface area contributed by atoms with Gasteiger partial charge in [0.15, 0.2) is 28.6 Å². The minimum absolute atomic E-state index is 0.0166. The number of benzene rings is 3. The van der Waals surface area contributed by atoms with Crippen molar-refractivity contribution >= 4 is 73.5 Å². The van der Waals surface area contributed by atoms with E-state index in [-0.39, 0.29) is 23.6 Å². The largest absolute Gasteiger partial charge is 0.456 e. The van der Waals surface area contributed by atoms with Crippen LogP contribution in [0, 0.1) is 10.8 Å². The number of ether oxygens (including phenoxy) is 4. The smallest absolute Gasteiger partial charge is 0.336 e. The van der Waals surface area contributed by atoms with Crippen LogP contribution in [-0.4, -0.2) is 41.8 Å². The van der Waals surface area contributed by atoms with Crippen LogP contribution in [-0.2, 0) is 50.5 Å². The number of amides is 1. The SMILES string of the molecule is CC.CCCc1c(OC(=O)C(C)(C)C)c(CCC(=O)NCCCCCCOOI)cc2c1Oc1cc(OC(=O)C(C)(C)C)c3ccccc3c1C21OC(=O)C2=C1CC(Br)CC=CC2. The van der Waals surface area contributed by atoms with Gasteiger partial charge < -0.3 is 24.3 Å². The fraction of sp³-hybridized carbons (Fsp3) is 0.520. The molecular weight excluding hydrogens is 981 g/mol. The van der Waals surface area contributed by atoms with Crippen LogP contribution < -0.4 is 19.5 Å². The Morgan fingerprint density at radius 2 is 1.60 bits per heavy atom. The van der Waals surface area contributed by atoms with Gasteiger partial charge in [-0.05, 0) is 109 Å². The van der Waals surface area contributed by atoms with Crippen LogP contribution in [0.15, 0.2) is 59.7 Å². The molecule has 2 aliphatic heterocycles. The highest BCUT2D eigenvalue weighted by Gasteiger charge is 2.57. The Morgan fingerprint density at radius 1 is 0.921 bits per heavy atom. The van der Waals surface area contributed by atoms with Gasteiger partial charge in [0, 0.05) is 45.9 Å². The zero-order chi connectivity index (χ0) is 46.1. The second-order valence-electron chi connectivity index (χ2n) is 18.0. The molecule has 1 N–H and O–H groups in total. The molecule has 2 unspecified atom stereocenters. The maximum atomic E-state index is 14.4. The number of allylic oxidation sites excluding steroid dienone is 2. The van der Waals surface area contributed by atoms with E-state index in [2.05, 4.69) is 30.5 Å². The third-order valence-corrected chi connectivity index (χ3v) is 12.1. The Kier molecular flexibility index (Phi) is 17.5. The van der Waals surface area contributed by atoms with E-state index in [1.807, 2.05) is 57.2 Å². The van der Waals surface area contributed by atoms with Crippen molar-refractivity contribution in [3.63, 3.8) is 0 Å². The van der Waals surface area contributed by atoms with E-state index < -0.39 is 34.3 Å². The van der Waals surface area contributed by atoms with Crippen molar-refractivity contribution < 1.29 is 46.2 Å². The number of rotatable bonds is 15. The maximum Gasteiger partial charge on any atom is 0.336 e. The van der Waals surface area contributed by atoms with Crippen LogP contribution in [0.5, 0.6) is 23.0 Å². The van der Waals surface area contributed by atoms with E-state index in [1.165, 1.54) is 0 Å². The molecule has 3 aromatic carbocycles. The number of nitrogens with one attached hydrogen (secondary N) is 1. The number of halogens is 2. The molecule has 0 aromatic heterocycles. The molecule has 0 saturated heterocycles. The second kappa shape index (κ2) is 21.9. The van der Waals surface area contributed by atoms with Gasteiger partial charge in [0.25, 0.3) is 0 Å². The highest BCUT2D eigenvalue weighted by molar-refractivity contribution is 14.1. The van der Waals surface area contributed by atoms with E-state index in [0.29, 0.717) is 100 Å². The summed E-state index contributed by atoms with van der Waals surface area (Å²) in [4.78, 5) is 60.0. The summed E-state index contributed by atoms with van der Waals surface area (Å²) in [6.07, 6.45) is 10.7. The van der Waals surface area contributed by atoms with E-state index in [1.54, 1.807) is 70.6 Å². The standard InChI is InChI=1S/C48H57BrINO10.C2H6/c1-8-17-34-41(59-45(55)47(5,6)7)29(22-23-39(52)51-24-15-9-10-16-25-56-61-50)26-36-42(34)57-38-28-37(58-44(54)46(2,3)4)31-19-13-14-20-32(31)40(38)48(36)35-27-30(49)18-11-12-21-33(35)43(53)60-48;1-2/h11-14,19-20,26,28,30H,8-10,15-18,21-25,27H2,1-7H3,(H,51,52);1-2H3. The molecule has 1 amide bonds. The number of alkyl halides is 1. The summed E-state index contributed by atoms with van der Waals surface area (Å²) in [5.41, 5.74) is 0.728. The van der Waals surface area contributed by atoms with Crippen LogP contribution in [0.2, 0.25) is 0 Å². The van der Waals surface area contributed by atoms with Crippen LogP contribution in [0.1, 0.15) is 142 Å². The summed E-state index contributed by atoms with van der Waals surface area (Å²) >= 11 is 5.61. The third kappa shape index (κ3) is 11.4. The highest BCUT2D eigenvalue weighted by atomic mass is 127. The molecule has 3 aliphatic rings. The summed E-state index contributed by atoms with van der Waals surface area (Å²) < 4.78 is 31.0. The van der Waals surface area contributed by atoms with Crippen LogP contribution in [0.3, 0.4) is 0 Å². The molecule has 2 heterocycles. The molecule has 342 valence electrons. The highest BCUT2D eigenvalue weighted by Crippen LogP contribution is 2.62. The van der Waals surface area contributed by atoms with Crippen molar-refractivity contribution in [1.82, 2.24) is 5.32 Å². The quantitative estimate of drug-likeness (QED) is 0.0229. The molecule has 2 atom stereocenters. The van der Waals surface area contributed by atoms with Crippen LogP contribution in [0.25, 0.3) is 10.8 Å². The lowest BCUT2D eigenvalue weighted by Crippen LogP contribution is -2.36. The Bertz CT molecular complexity index is 2240. The maximum absolute atomic E-state index is 14.4. The number of hydrogen-bond acceptors (Lipinski definition) is 10. The first-order chi connectivity index (χ1) is 30.0. The minimum Gasteiger partial charge on any atom is -0.456 e. The van der Waals surface area contributed by atoms with E-state index in [9.17, 15) is 19.2 Å². The molecule has 13 heteroatoms. The summed E-state index contributed by atoms with van der Waals surface area (Å²) in [7, 11) is 0. The van der Waals surface area contributed by atoms with Gasteiger partial charge in [-0.15, -0.1) is 0 Å². The lowest BCUT2D eigenvalue weighted by atomic mass is 9.72. The van der Waals surface area contributed by atoms with E-state index in [0.717, 1.165) is 37.7 Å². The van der Waals surface area contributed by atoms with Crippen LogP contribution in [0.4, 0.5) is 0 Å². The lowest BCUT2D eigenvalue weighted by molar-refractivity contribution is -0.166. The van der Waals surface area contributed by atoms with Gasteiger partial charge in [0.1, 0.15) is 23.0 Å². The third-order valence-electron chi connectivity index (χ3n) is 11.2. The number of carbonyl (C=O) groups excluding carboxylic acids is 4. The van der Waals surface area contributed by atoms with Gasteiger partial charge in [0.2, 0.25) is 5.91 Å². The fourth-order valence-electron chi connectivity index (χ4n) is 8.00. The number of fused-ring (bicyclic) bond motifs is 7. The first kappa shape index (κ1) is 50.2. The second-order valence-corrected chi connectivity index (χ2v) is 19.7. The van der Waals surface area contributed by atoms with E-state index >= 15 is 0 Å². The predicted octanol–water partition coefficient (Wildman–Crippen LogP) is 12.3. The van der Waals surface area contributed by atoms with Crippen molar-refractivity contribution in [3.05, 3.63) is 82.0 Å². The molecule has 6 rings (SSSR count). The average Bonchev–Trinajstić information content (AvgIpc) is 3.48. The van der Waals surface area contributed by atoms with Crippen molar-refractivity contribution in [2.45, 2.75) is 143 Å².